The number of rotatable bonds is 6. The van der Waals surface area contributed by atoms with E-state index in [9.17, 15) is 13.2 Å². The van der Waals surface area contributed by atoms with Gasteiger partial charge in [0.1, 0.15) is 11.6 Å². The molecule has 2 heterocycles. The SMILES string of the molecule is O=C(OCc1nc2ccccc2s1)C1CCN(S(=O)(=O)/C=C/c2ccccc2)CC1. The van der Waals surface area contributed by atoms with E-state index in [1.807, 2.05) is 54.6 Å². The van der Waals surface area contributed by atoms with E-state index in [4.69, 9.17) is 4.74 Å². The summed E-state index contributed by atoms with van der Waals surface area (Å²) >= 11 is 1.51. The summed E-state index contributed by atoms with van der Waals surface area (Å²) in [5.74, 6) is -0.574. The molecule has 30 heavy (non-hydrogen) atoms. The number of para-hydroxylation sites is 1. The molecule has 0 bridgehead atoms. The Morgan fingerprint density at radius 1 is 1.10 bits per heavy atom. The average Bonchev–Trinajstić information content (AvgIpc) is 3.20. The quantitative estimate of drug-likeness (QED) is 0.538. The highest BCUT2D eigenvalue weighted by molar-refractivity contribution is 7.92. The third-order valence-corrected chi connectivity index (χ3v) is 7.63. The smallest absolute Gasteiger partial charge is 0.309 e. The van der Waals surface area contributed by atoms with Gasteiger partial charge < -0.3 is 4.74 Å². The highest BCUT2D eigenvalue weighted by atomic mass is 32.2. The first-order valence-electron chi connectivity index (χ1n) is 9.76. The fraction of sp³-hybridized carbons (Fsp3) is 0.273. The van der Waals surface area contributed by atoms with Crippen molar-refractivity contribution in [1.29, 1.82) is 0 Å². The molecule has 156 valence electrons. The predicted octanol–water partition coefficient (Wildman–Crippen LogP) is 4.05. The van der Waals surface area contributed by atoms with Crippen molar-refractivity contribution in [1.82, 2.24) is 9.29 Å². The maximum Gasteiger partial charge on any atom is 0.309 e. The first-order chi connectivity index (χ1) is 14.5. The summed E-state index contributed by atoms with van der Waals surface area (Å²) in [6, 6.07) is 17.1. The lowest BCUT2D eigenvalue weighted by Crippen LogP contribution is -2.39. The molecule has 0 radical (unpaired) electrons. The molecule has 1 aliphatic rings. The zero-order valence-corrected chi connectivity index (χ0v) is 17.9. The van der Waals surface area contributed by atoms with Gasteiger partial charge in [0.15, 0.2) is 0 Å². The van der Waals surface area contributed by atoms with Gasteiger partial charge in [-0.15, -0.1) is 11.3 Å². The molecule has 4 rings (SSSR count). The van der Waals surface area contributed by atoms with Crippen LogP contribution >= 0.6 is 11.3 Å². The number of carbonyl (C=O) groups excluding carboxylic acids is 1. The molecule has 6 nitrogen and oxygen atoms in total. The summed E-state index contributed by atoms with van der Waals surface area (Å²) in [6.07, 6.45) is 2.50. The second-order valence-electron chi connectivity index (χ2n) is 7.11. The van der Waals surface area contributed by atoms with Crippen molar-refractivity contribution in [2.45, 2.75) is 19.4 Å². The molecule has 1 aliphatic heterocycles. The topological polar surface area (TPSA) is 76.6 Å². The molecule has 0 atom stereocenters. The molecule has 0 unspecified atom stereocenters. The van der Waals surface area contributed by atoms with Crippen LogP contribution in [0.5, 0.6) is 0 Å². The van der Waals surface area contributed by atoms with Gasteiger partial charge in [0.2, 0.25) is 10.0 Å². The van der Waals surface area contributed by atoms with Crippen molar-refractivity contribution in [3.63, 3.8) is 0 Å². The van der Waals surface area contributed by atoms with Crippen LogP contribution in [0.25, 0.3) is 16.3 Å². The van der Waals surface area contributed by atoms with Crippen molar-refractivity contribution >= 4 is 43.6 Å². The zero-order chi connectivity index (χ0) is 21.0. The van der Waals surface area contributed by atoms with Crippen molar-refractivity contribution < 1.29 is 17.9 Å². The summed E-state index contributed by atoms with van der Waals surface area (Å²) < 4.78 is 33.0. The Morgan fingerprint density at radius 2 is 1.80 bits per heavy atom. The van der Waals surface area contributed by atoms with E-state index < -0.39 is 10.0 Å². The fourth-order valence-corrected chi connectivity index (χ4v) is 5.49. The van der Waals surface area contributed by atoms with Gasteiger partial charge in [0, 0.05) is 18.5 Å². The second-order valence-corrected chi connectivity index (χ2v) is 10.0. The third-order valence-electron chi connectivity index (χ3n) is 5.06. The number of nitrogens with zero attached hydrogens (tertiary/aromatic N) is 2. The lowest BCUT2D eigenvalue weighted by Gasteiger charge is -2.29. The van der Waals surface area contributed by atoms with Crippen LogP contribution in [-0.2, 0) is 26.2 Å². The zero-order valence-electron chi connectivity index (χ0n) is 16.3. The van der Waals surface area contributed by atoms with E-state index >= 15 is 0 Å². The summed E-state index contributed by atoms with van der Waals surface area (Å²) in [5.41, 5.74) is 1.73. The number of fused-ring (bicyclic) bond motifs is 1. The molecular formula is C22H22N2O4S2. The summed E-state index contributed by atoms with van der Waals surface area (Å²) in [4.78, 5) is 16.9. The van der Waals surface area contributed by atoms with E-state index in [1.54, 1.807) is 6.08 Å². The van der Waals surface area contributed by atoms with Gasteiger partial charge in [-0.1, -0.05) is 42.5 Å². The molecule has 1 aromatic heterocycles. The molecule has 0 aliphatic carbocycles. The Bertz CT molecular complexity index is 1120. The van der Waals surface area contributed by atoms with E-state index in [2.05, 4.69) is 4.98 Å². The number of thiazole rings is 1. The van der Waals surface area contributed by atoms with Crippen LogP contribution in [0, 0.1) is 5.92 Å². The number of hydrogen-bond donors (Lipinski definition) is 0. The number of sulfonamides is 1. The number of hydrogen-bond acceptors (Lipinski definition) is 6. The minimum Gasteiger partial charge on any atom is -0.458 e. The Labute approximate surface area is 179 Å². The van der Waals surface area contributed by atoms with Crippen LogP contribution in [0.4, 0.5) is 0 Å². The normalized spacial score (nSPS) is 16.3. The first-order valence-corrected chi connectivity index (χ1v) is 12.1. The highest BCUT2D eigenvalue weighted by Gasteiger charge is 2.31. The van der Waals surface area contributed by atoms with Gasteiger partial charge in [-0.05, 0) is 36.6 Å². The fourth-order valence-electron chi connectivity index (χ4n) is 3.39. The van der Waals surface area contributed by atoms with Crippen molar-refractivity contribution in [3.05, 3.63) is 70.6 Å². The van der Waals surface area contributed by atoms with Gasteiger partial charge >= 0.3 is 5.97 Å². The molecule has 3 aromatic rings. The van der Waals surface area contributed by atoms with Gasteiger partial charge in [-0.2, -0.15) is 4.31 Å². The molecule has 1 saturated heterocycles. The van der Waals surface area contributed by atoms with Crippen LogP contribution in [0.3, 0.4) is 0 Å². The molecular weight excluding hydrogens is 420 g/mol. The molecule has 8 heteroatoms. The Hall–Kier alpha value is -2.55. The molecule has 0 N–H and O–H groups in total. The third kappa shape index (κ3) is 4.95. The molecule has 2 aromatic carbocycles. The molecule has 0 amide bonds. The van der Waals surface area contributed by atoms with Crippen LogP contribution in [0.1, 0.15) is 23.4 Å². The number of benzene rings is 2. The summed E-state index contributed by atoms with van der Waals surface area (Å²) in [7, 11) is -3.51. The largest absolute Gasteiger partial charge is 0.458 e. The minimum absolute atomic E-state index is 0.149. The van der Waals surface area contributed by atoms with E-state index in [1.165, 1.54) is 21.1 Å². The van der Waals surface area contributed by atoms with E-state index in [-0.39, 0.29) is 18.5 Å². The van der Waals surface area contributed by atoms with Crippen molar-refractivity contribution in [3.8, 4) is 0 Å². The number of aromatic nitrogens is 1. The second kappa shape index (κ2) is 9.07. The maximum atomic E-state index is 12.5. The lowest BCUT2D eigenvalue weighted by molar-refractivity contribution is -0.151. The number of ether oxygens (including phenoxy) is 1. The maximum absolute atomic E-state index is 12.5. The molecule has 0 saturated carbocycles. The van der Waals surface area contributed by atoms with Crippen molar-refractivity contribution in [2.75, 3.05) is 13.1 Å². The van der Waals surface area contributed by atoms with Crippen LogP contribution in [0.15, 0.2) is 60.0 Å². The standard InChI is InChI=1S/C22H22N2O4S2/c25-22(28-16-21-23-19-8-4-5-9-20(19)29-21)18-10-13-24(14-11-18)30(26,27)15-12-17-6-2-1-3-7-17/h1-9,12,15,18H,10-11,13-14,16H2/b15-12+. The first kappa shape index (κ1) is 20.7. The number of esters is 1. The molecule has 1 fully saturated rings. The van der Waals surface area contributed by atoms with Crippen LogP contribution < -0.4 is 0 Å². The summed E-state index contributed by atoms with van der Waals surface area (Å²) in [6.45, 7) is 0.765. The monoisotopic (exact) mass is 442 g/mol. The highest BCUT2D eigenvalue weighted by Crippen LogP contribution is 2.25. The number of carbonyl (C=O) groups is 1. The average molecular weight is 443 g/mol. The van der Waals surface area contributed by atoms with Gasteiger partial charge in [0.25, 0.3) is 0 Å². The van der Waals surface area contributed by atoms with E-state index in [0.717, 1.165) is 20.8 Å². The van der Waals surface area contributed by atoms with Gasteiger partial charge in [-0.25, -0.2) is 13.4 Å². The predicted molar refractivity (Wildman–Crippen MR) is 118 cm³/mol. The Morgan fingerprint density at radius 3 is 2.53 bits per heavy atom. The van der Waals surface area contributed by atoms with Crippen molar-refractivity contribution in [2.24, 2.45) is 5.92 Å². The summed E-state index contributed by atoms with van der Waals surface area (Å²) in [5, 5.41) is 1.99. The van der Waals surface area contributed by atoms with E-state index in [0.29, 0.717) is 25.9 Å². The van der Waals surface area contributed by atoms with Crippen LogP contribution in [0.2, 0.25) is 0 Å². The Kier molecular flexibility index (Phi) is 6.26. The van der Waals surface area contributed by atoms with Crippen LogP contribution in [-0.4, -0.2) is 36.8 Å². The van der Waals surface area contributed by atoms with Gasteiger partial charge in [0.05, 0.1) is 16.1 Å². The van der Waals surface area contributed by atoms with Gasteiger partial charge in [-0.3, -0.25) is 4.79 Å². The minimum atomic E-state index is -3.51. The molecule has 0 spiro atoms. The Balaban J connectivity index is 1.29. The number of piperidine rings is 1. The lowest BCUT2D eigenvalue weighted by atomic mass is 9.98.